The fraction of sp³-hybridized carbons (Fsp3) is 0.440. The molecule has 2 N–H and O–H groups in total. The Bertz CT molecular complexity index is 1540. The van der Waals surface area contributed by atoms with E-state index in [0.717, 1.165) is 4.52 Å². The maximum atomic E-state index is 13.8. The molecule has 1 aromatic carbocycles. The number of anilines is 1. The number of nitriles is 1. The minimum Gasteiger partial charge on any atom is -0.444 e. The molecular formula is C25H28BrClN8O4. The molecule has 0 saturated carbocycles. The number of hydrogen-bond acceptors (Lipinski definition) is 8. The largest absolute Gasteiger partial charge is 0.444 e. The van der Waals surface area contributed by atoms with Gasteiger partial charge in [0.1, 0.15) is 12.1 Å². The van der Waals surface area contributed by atoms with Gasteiger partial charge in [-0.25, -0.2) is 4.79 Å². The van der Waals surface area contributed by atoms with Crippen LogP contribution in [0.2, 0.25) is 5.02 Å². The number of halogens is 2. The number of aromatic nitrogens is 4. The smallest absolute Gasteiger partial charge is 0.410 e. The van der Waals surface area contributed by atoms with Crippen LogP contribution in [-0.4, -0.2) is 61.3 Å². The van der Waals surface area contributed by atoms with E-state index in [-0.39, 0.29) is 22.1 Å². The minimum absolute atomic E-state index is 0.168. The summed E-state index contributed by atoms with van der Waals surface area (Å²) in [5, 5.41) is 19.5. The standard InChI is InChI=1S/C25H28BrClN8O4/c1-5-17-20(18-12-29-8-9-33(18)24(38)39-25(2,3)4)21(37)35-23(31-22(26)32-35)34(17)13-19(36)30-16-7-6-14(11-28)10-15(16)27/h6-7,10,18,29H,5,8-9,12-13H2,1-4H3,(H,30,36). The predicted octanol–water partition coefficient (Wildman–Crippen LogP) is 3.26. The SMILES string of the molecule is CCc1c(C2CNCCN2C(=O)OC(C)(C)C)c(=O)n2nc(Br)nc2n1CC(=O)Nc1ccc(C#N)cc1Cl. The Morgan fingerprint density at radius 3 is 2.74 bits per heavy atom. The number of fused-ring (bicyclic) bond motifs is 1. The molecule has 14 heteroatoms. The zero-order valence-electron chi connectivity index (χ0n) is 21.9. The summed E-state index contributed by atoms with van der Waals surface area (Å²) in [6.45, 7) is 8.18. The summed E-state index contributed by atoms with van der Waals surface area (Å²) in [5.74, 6) is -0.265. The van der Waals surface area contributed by atoms with Crippen LogP contribution in [0.4, 0.5) is 10.5 Å². The quantitative estimate of drug-likeness (QED) is 0.443. The molecule has 1 saturated heterocycles. The average molecular weight is 620 g/mol. The summed E-state index contributed by atoms with van der Waals surface area (Å²) in [4.78, 5) is 46.0. The summed E-state index contributed by atoms with van der Waals surface area (Å²) in [6.07, 6.45) is -0.162. The number of carbonyl (C=O) groups is 2. The molecule has 12 nitrogen and oxygen atoms in total. The lowest BCUT2D eigenvalue weighted by Crippen LogP contribution is -2.52. The van der Waals surface area contributed by atoms with Crippen LogP contribution in [0, 0.1) is 11.3 Å². The van der Waals surface area contributed by atoms with Gasteiger partial charge in [0.05, 0.1) is 33.9 Å². The highest BCUT2D eigenvalue weighted by Crippen LogP contribution is 2.27. The molecule has 2 aromatic heterocycles. The Labute approximate surface area is 238 Å². The van der Waals surface area contributed by atoms with E-state index in [1.54, 1.807) is 37.5 Å². The lowest BCUT2D eigenvalue weighted by Gasteiger charge is -2.38. The number of nitrogens with zero attached hydrogens (tertiary/aromatic N) is 6. The van der Waals surface area contributed by atoms with E-state index in [4.69, 9.17) is 21.6 Å². The maximum Gasteiger partial charge on any atom is 0.410 e. The van der Waals surface area contributed by atoms with Crippen molar-refractivity contribution in [3.05, 3.63) is 55.1 Å². The van der Waals surface area contributed by atoms with Crippen LogP contribution in [0.15, 0.2) is 27.7 Å². The topological polar surface area (TPSA) is 147 Å². The summed E-state index contributed by atoms with van der Waals surface area (Å²) < 4.78 is 8.55. The van der Waals surface area contributed by atoms with Crippen molar-refractivity contribution in [2.75, 3.05) is 25.0 Å². The summed E-state index contributed by atoms with van der Waals surface area (Å²) in [7, 11) is 0. The van der Waals surface area contributed by atoms with Crippen molar-refractivity contribution < 1.29 is 14.3 Å². The van der Waals surface area contributed by atoms with E-state index in [2.05, 4.69) is 36.6 Å². The van der Waals surface area contributed by atoms with Gasteiger partial charge >= 0.3 is 6.09 Å². The van der Waals surface area contributed by atoms with Gasteiger partial charge in [0.2, 0.25) is 16.4 Å². The predicted molar refractivity (Wildman–Crippen MR) is 148 cm³/mol. The molecule has 1 aliphatic heterocycles. The first-order valence-electron chi connectivity index (χ1n) is 12.3. The van der Waals surface area contributed by atoms with Crippen molar-refractivity contribution in [2.45, 2.75) is 52.3 Å². The summed E-state index contributed by atoms with van der Waals surface area (Å²) in [5.41, 5.74) is 0.411. The number of ether oxygens (including phenoxy) is 1. The van der Waals surface area contributed by atoms with Crippen LogP contribution in [0.1, 0.15) is 50.6 Å². The van der Waals surface area contributed by atoms with Crippen molar-refractivity contribution in [2.24, 2.45) is 0 Å². The van der Waals surface area contributed by atoms with Crippen LogP contribution >= 0.6 is 27.5 Å². The summed E-state index contributed by atoms with van der Waals surface area (Å²) >= 11 is 9.48. The molecular weight excluding hydrogens is 592 g/mol. The van der Waals surface area contributed by atoms with Gasteiger partial charge in [-0.15, -0.1) is 5.10 Å². The number of amides is 2. The number of rotatable bonds is 5. The molecule has 0 aliphatic carbocycles. The molecule has 3 aromatic rings. The highest BCUT2D eigenvalue weighted by atomic mass is 79.9. The lowest BCUT2D eigenvalue weighted by molar-refractivity contribution is -0.116. The third-order valence-electron chi connectivity index (χ3n) is 6.08. The first-order valence-corrected chi connectivity index (χ1v) is 13.5. The Kier molecular flexibility index (Phi) is 8.29. The van der Waals surface area contributed by atoms with Gasteiger partial charge in [-0.3, -0.25) is 14.5 Å². The molecule has 206 valence electrons. The van der Waals surface area contributed by atoms with Crippen molar-refractivity contribution in [3.63, 3.8) is 0 Å². The van der Waals surface area contributed by atoms with Crippen LogP contribution in [0.5, 0.6) is 0 Å². The second-order valence-corrected chi connectivity index (χ2v) is 11.1. The third kappa shape index (κ3) is 6.08. The van der Waals surface area contributed by atoms with Gasteiger partial charge in [-0.1, -0.05) is 18.5 Å². The van der Waals surface area contributed by atoms with E-state index in [1.807, 2.05) is 13.0 Å². The number of benzene rings is 1. The Morgan fingerprint density at radius 2 is 2.10 bits per heavy atom. The molecule has 2 amide bonds. The van der Waals surface area contributed by atoms with Gasteiger partial charge in [0, 0.05) is 25.3 Å². The summed E-state index contributed by atoms with van der Waals surface area (Å²) in [6, 6.07) is 5.89. The monoisotopic (exact) mass is 618 g/mol. The number of nitrogens with one attached hydrogen (secondary N) is 2. The zero-order chi connectivity index (χ0) is 28.5. The molecule has 0 bridgehead atoms. The van der Waals surface area contributed by atoms with E-state index in [1.165, 1.54) is 11.0 Å². The van der Waals surface area contributed by atoms with Crippen molar-refractivity contribution in [1.29, 1.82) is 5.26 Å². The molecule has 3 heterocycles. The van der Waals surface area contributed by atoms with Gasteiger partial charge in [0.25, 0.3) is 5.56 Å². The fourth-order valence-corrected chi connectivity index (χ4v) is 5.04. The zero-order valence-corrected chi connectivity index (χ0v) is 24.3. The highest BCUT2D eigenvalue weighted by Gasteiger charge is 2.36. The van der Waals surface area contributed by atoms with Crippen LogP contribution < -0.4 is 16.2 Å². The normalized spacial score (nSPS) is 15.7. The molecule has 0 radical (unpaired) electrons. The molecule has 1 aliphatic rings. The van der Waals surface area contributed by atoms with Crippen molar-refractivity contribution in [1.82, 2.24) is 29.4 Å². The molecule has 39 heavy (non-hydrogen) atoms. The third-order valence-corrected chi connectivity index (χ3v) is 6.73. The van der Waals surface area contributed by atoms with E-state index < -0.39 is 29.2 Å². The van der Waals surface area contributed by atoms with Gasteiger partial charge in [-0.05, 0) is 61.3 Å². The van der Waals surface area contributed by atoms with Crippen LogP contribution in [-0.2, 0) is 22.5 Å². The van der Waals surface area contributed by atoms with Gasteiger partial charge < -0.3 is 19.9 Å². The van der Waals surface area contributed by atoms with Gasteiger partial charge in [0.15, 0.2) is 0 Å². The Morgan fingerprint density at radius 1 is 1.36 bits per heavy atom. The molecule has 0 spiro atoms. The second kappa shape index (κ2) is 11.3. The molecule has 1 atom stereocenters. The van der Waals surface area contributed by atoms with Crippen molar-refractivity contribution >= 4 is 51.0 Å². The average Bonchev–Trinajstić information content (AvgIpc) is 3.27. The van der Waals surface area contributed by atoms with Gasteiger partial charge in [-0.2, -0.15) is 14.8 Å². The van der Waals surface area contributed by atoms with E-state index >= 15 is 0 Å². The fourth-order valence-electron chi connectivity index (χ4n) is 4.50. The number of carbonyl (C=O) groups excluding carboxylic acids is 2. The van der Waals surface area contributed by atoms with Crippen LogP contribution in [0.3, 0.4) is 0 Å². The molecule has 4 rings (SSSR count). The highest BCUT2D eigenvalue weighted by molar-refractivity contribution is 9.10. The maximum absolute atomic E-state index is 13.8. The first-order chi connectivity index (χ1) is 18.4. The molecule has 1 unspecified atom stereocenters. The van der Waals surface area contributed by atoms with E-state index in [9.17, 15) is 14.4 Å². The van der Waals surface area contributed by atoms with Crippen molar-refractivity contribution in [3.8, 4) is 6.07 Å². The van der Waals surface area contributed by atoms with Crippen LogP contribution in [0.25, 0.3) is 5.78 Å². The minimum atomic E-state index is -0.716. The Hall–Kier alpha value is -3.47. The Balaban J connectivity index is 1.79. The number of piperazine rings is 1. The number of hydrogen-bond donors (Lipinski definition) is 2. The lowest BCUT2D eigenvalue weighted by atomic mass is 10.0. The first kappa shape index (κ1) is 28.5. The molecule has 1 fully saturated rings. The second-order valence-electron chi connectivity index (χ2n) is 9.95. The van der Waals surface area contributed by atoms with E-state index in [0.29, 0.717) is 48.6 Å².